The van der Waals surface area contributed by atoms with E-state index in [9.17, 15) is 4.79 Å². The molecular weight excluding hydrogens is 456 g/mol. The summed E-state index contributed by atoms with van der Waals surface area (Å²) in [6.45, 7) is 6.66. The molecule has 0 aromatic heterocycles. The molecule has 0 aliphatic carbocycles. The minimum absolute atomic E-state index is 0.122. The Morgan fingerprint density at radius 2 is 1.77 bits per heavy atom. The van der Waals surface area contributed by atoms with E-state index in [2.05, 4.69) is 58.6 Å². The Morgan fingerprint density at radius 3 is 2.48 bits per heavy atom. The van der Waals surface area contributed by atoms with Gasteiger partial charge in [-0.05, 0) is 83.7 Å². The molecule has 0 radical (unpaired) electrons. The number of anilines is 2. The summed E-state index contributed by atoms with van der Waals surface area (Å²) in [6, 6.07) is 17.8. The summed E-state index contributed by atoms with van der Waals surface area (Å²) in [4.78, 5) is 12.3. The Bertz CT molecular complexity index is 1080. The van der Waals surface area contributed by atoms with Crippen LogP contribution in [0.15, 0.2) is 59.1 Å². The molecule has 2 N–H and O–H groups in total. The monoisotopic (exact) mass is 482 g/mol. The van der Waals surface area contributed by atoms with Gasteiger partial charge in [0.05, 0.1) is 11.6 Å². The Labute approximate surface area is 191 Å². The maximum atomic E-state index is 12.3. The summed E-state index contributed by atoms with van der Waals surface area (Å²) in [7, 11) is 1.59. The number of benzene rings is 3. The summed E-state index contributed by atoms with van der Waals surface area (Å²) in [5.74, 6) is 0.826. The minimum Gasteiger partial charge on any atom is -0.493 e. The Morgan fingerprint density at radius 1 is 1.00 bits per heavy atom. The second-order valence-electron chi connectivity index (χ2n) is 7.49. The van der Waals surface area contributed by atoms with Crippen LogP contribution in [-0.4, -0.2) is 19.6 Å². The van der Waals surface area contributed by atoms with Crippen molar-refractivity contribution in [2.75, 3.05) is 24.4 Å². The van der Waals surface area contributed by atoms with Crippen molar-refractivity contribution in [3.05, 3.63) is 81.3 Å². The van der Waals surface area contributed by atoms with Crippen molar-refractivity contribution in [1.82, 2.24) is 0 Å². The standard InChI is InChI=1S/C25H27BrN2O3/c1-16-6-5-7-20(11-16)28-24(29)15-31-25-21(26)12-19(13-23(25)30-4)14-27-22-9-8-17(2)10-18(22)3/h5-13,27H,14-15H2,1-4H3,(H,28,29). The summed E-state index contributed by atoms with van der Waals surface area (Å²) >= 11 is 3.55. The van der Waals surface area contributed by atoms with E-state index in [0.717, 1.165) is 27.0 Å². The minimum atomic E-state index is -0.236. The molecule has 3 rings (SSSR count). The smallest absolute Gasteiger partial charge is 0.262 e. The summed E-state index contributed by atoms with van der Waals surface area (Å²) in [5.41, 5.74) is 6.38. The molecule has 3 aromatic rings. The number of aryl methyl sites for hydroxylation is 3. The maximum absolute atomic E-state index is 12.3. The van der Waals surface area contributed by atoms with E-state index in [1.54, 1.807) is 7.11 Å². The van der Waals surface area contributed by atoms with E-state index in [1.165, 1.54) is 11.1 Å². The van der Waals surface area contributed by atoms with Gasteiger partial charge in [0, 0.05) is 17.9 Å². The van der Waals surface area contributed by atoms with Gasteiger partial charge in [-0.3, -0.25) is 4.79 Å². The van der Waals surface area contributed by atoms with Crippen molar-refractivity contribution in [3.8, 4) is 11.5 Å². The van der Waals surface area contributed by atoms with Gasteiger partial charge in [-0.15, -0.1) is 0 Å². The van der Waals surface area contributed by atoms with Crippen LogP contribution in [0.3, 0.4) is 0 Å². The third-order valence-electron chi connectivity index (χ3n) is 4.80. The van der Waals surface area contributed by atoms with Crippen molar-refractivity contribution < 1.29 is 14.3 Å². The molecule has 0 heterocycles. The normalized spacial score (nSPS) is 10.5. The molecular formula is C25H27BrN2O3. The molecule has 0 spiro atoms. The molecule has 0 fully saturated rings. The number of carbonyl (C=O) groups is 1. The van der Waals surface area contributed by atoms with Crippen molar-refractivity contribution in [1.29, 1.82) is 0 Å². The molecule has 0 unspecified atom stereocenters. The second kappa shape index (κ2) is 10.4. The van der Waals surface area contributed by atoms with Gasteiger partial charge in [0.15, 0.2) is 18.1 Å². The van der Waals surface area contributed by atoms with Gasteiger partial charge >= 0.3 is 0 Å². The molecule has 0 aliphatic heterocycles. The molecule has 3 aromatic carbocycles. The van der Waals surface area contributed by atoms with E-state index >= 15 is 0 Å². The predicted molar refractivity (Wildman–Crippen MR) is 129 cm³/mol. The number of amides is 1. The molecule has 0 saturated heterocycles. The molecule has 0 bridgehead atoms. The molecule has 31 heavy (non-hydrogen) atoms. The van der Waals surface area contributed by atoms with E-state index in [-0.39, 0.29) is 12.5 Å². The Hall–Kier alpha value is -2.99. The fourth-order valence-corrected chi connectivity index (χ4v) is 3.89. The highest BCUT2D eigenvalue weighted by atomic mass is 79.9. The lowest BCUT2D eigenvalue weighted by Gasteiger charge is -2.16. The molecule has 6 heteroatoms. The molecule has 162 valence electrons. The van der Waals surface area contributed by atoms with E-state index in [1.807, 2.05) is 43.3 Å². The fraction of sp³-hybridized carbons (Fsp3) is 0.240. The summed E-state index contributed by atoms with van der Waals surface area (Å²) in [5, 5.41) is 6.29. The zero-order chi connectivity index (χ0) is 22.4. The van der Waals surface area contributed by atoms with Gasteiger partial charge in [-0.1, -0.05) is 29.8 Å². The van der Waals surface area contributed by atoms with E-state index < -0.39 is 0 Å². The van der Waals surface area contributed by atoms with Crippen molar-refractivity contribution in [2.24, 2.45) is 0 Å². The van der Waals surface area contributed by atoms with Crippen LogP contribution >= 0.6 is 15.9 Å². The van der Waals surface area contributed by atoms with E-state index in [0.29, 0.717) is 18.0 Å². The van der Waals surface area contributed by atoms with Crippen molar-refractivity contribution in [2.45, 2.75) is 27.3 Å². The summed E-state index contributed by atoms with van der Waals surface area (Å²) in [6.07, 6.45) is 0. The first-order chi connectivity index (χ1) is 14.9. The van der Waals surface area contributed by atoms with Crippen LogP contribution in [0.5, 0.6) is 11.5 Å². The first kappa shape index (κ1) is 22.7. The average molecular weight is 483 g/mol. The quantitative estimate of drug-likeness (QED) is 0.412. The third kappa shape index (κ3) is 6.25. The maximum Gasteiger partial charge on any atom is 0.262 e. The van der Waals surface area contributed by atoms with Crippen LogP contribution in [0.2, 0.25) is 0 Å². The van der Waals surface area contributed by atoms with Gasteiger partial charge in [0.2, 0.25) is 0 Å². The number of ether oxygens (including phenoxy) is 2. The van der Waals surface area contributed by atoms with Gasteiger partial charge in [-0.25, -0.2) is 0 Å². The molecule has 1 amide bonds. The fourth-order valence-electron chi connectivity index (χ4n) is 3.28. The summed E-state index contributed by atoms with van der Waals surface area (Å²) < 4.78 is 12.0. The Balaban J connectivity index is 1.65. The highest BCUT2D eigenvalue weighted by Gasteiger charge is 2.14. The highest BCUT2D eigenvalue weighted by Crippen LogP contribution is 2.37. The van der Waals surface area contributed by atoms with Crippen LogP contribution in [0.25, 0.3) is 0 Å². The number of nitrogens with one attached hydrogen (secondary N) is 2. The lowest BCUT2D eigenvalue weighted by atomic mass is 10.1. The number of hydrogen-bond acceptors (Lipinski definition) is 4. The van der Waals surface area contributed by atoms with Gasteiger partial charge < -0.3 is 20.1 Å². The molecule has 0 atom stereocenters. The number of carbonyl (C=O) groups excluding carboxylic acids is 1. The largest absolute Gasteiger partial charge is 0.493 e. The second-order valence-corrected chi connectivity index (χ2v) is 8.34. The third-order valence-corrected chi connectivity index (χ3v) is 5.39. The first-order valence-corrected chi connectivity index (χ1v) is 10.8. The SMILES string of the molecule is COc1cc(CNc2ccc(C)cc2C)cc(Br)c1OCC(=O)Nc1cccc(C)c1. The number of halogens is 1. The highest BCUT2D eigenvalue weighted by molar-refractivity contribution is 9.10. The van der Waals surface area contributed by atoms with Gasteiger partial charge in [0.1, 0.15) is 0 Å². The molecule has 5 nitrogen and oxygen atoms in total. The first-order valence-electron chi connectivity index (χ1n) is 10.0. The van der Waals surface area contributed by atoms with Crippen molar-refractivity contribution >= 4 is 33.2 Å². The predicted octanol–water partition coefficient (Wildman–Crippen LogP) is 6.01. The van der Waals surface area contributed by atoms with Gasteiger partial charge in [-0.2, -0.15) is 0 Å². The zero-order valence-corrected chi connectivity index (χ0v) is 19.8. The van der Waals surface area contributed by atoms with Crippen LogP contribution in [0.4, 0.5) is 11.4 Å². The van der Waals surface area contributed by atoms with Crippen LogP contribution in [0, 0.1) is 20.8 Å². The Kier molecular flexibility index (Phi) is 7.58. The van der Waals surface area contributed by atoms with Crippen LogP contribution < -0.4 is 20.1 Å². The number of methoxy groups -OCH3 is 1. The van der Waals surface area contributed by atoms with Gasteiger partial charge in [0.25, 0.3) is 5.91 Å². The average Bonchev–Trinajstić information content (AvgIpc) is 2.72. The molecule has 0 saturated carbocycles. The molecule has 0 aliphatic rings. The van der Waals surface area contributed by atoms with Crippen molar-refractivity contribution in [3.63, 3.8) is 0 Å². The van der Waals surface area contributed by atoms with E-state index in [4.69, 9.17) is 9.47 Å². The topological polar surface area (TPSA) is 59.6 Å². The zero-order valence-electron chi connectivity index (χ0n) is 18.2. The number of hydrogen-bond donors (Lipinski definition) is 2. The number of rotatable bonds is 8. The van der Waals surface area contributed by atoms with Crippen LogP contribution in [-0.2, 0) is 11.3 Å². The lowest BCUT2D eigenvalue weighted by molar-refractivity contribution is -0.118. The van der Waals surface area contributed by atoms with Crippen LogP contribution in [0.1, 0.15) is 22.3 Å². The lowest BCUT2D eigenvalue weighted by Crippen LogP contribution is -2.20.